The predicted molar refractivity (Wildman–Crippen MR) is 59.8 cm³/mol. The van der Waals surface area contributed by atoms with Crippen molar-refractivity contribution in [2.75, 3.05) is 12.1 Å². The molecule has 2 aromatic rings. The van der Waals surface area contributed by atoms with Crippen LogP contribution in [0.5, 0.6) is 5.75 Å². The van der Waals surface area contributed by atoms with Crippen molar-refractivity contribution in [2.24, 2.45) is 0 Å². The van der Waals surface area contributed by atoms with Gasteiger partial charge in [-0.3, -0.25) is 0 Å². The van der Waals surface area contributed by atoms with Crippen molar-refractivity contribution >= 4 is 16.3 Å². The van der Waals surface area contributed by atoms with E-state index in [1.165, 1.54) is 0 Å². The molecule has 3 heteroatoms. The molecule has 14 heavy (non-hydrogen) atoms. The summed E-state index contributed by atoms with van der Waals surface area (Å²) < 4.78 is 0. The van der Waals surface area contributed by atoms with E-state index < -0.39 is 0 Å². The topological polar surface area (TPSA) is 12.5 Å². The molecular formula is C11H11NOS. The van der Waals surface area contributed by atoms with Crippen molar-refractivity contribution in [3.63, 3.8) is 0 Å². The van der Waals surface area contributed by atoms with Gasteiger partial charge in [-0.25, -0.2) is 5.06 Å². The Labute approximate surface area is 87.3 Å². The summed E-state index contributed by atoms with van der Waals surface area (Å²) in [6, 6.07) is 13.8. The van der Waals surface area contributed by atoms with Crippen LogP contribution in [0.1, 0.15) is 0 Å². The highest BCUT2D eigenvalue weighted by molar-refractivity contribution is 7.14. The van der Waals surface area contributed by atoms with E-state index in [1.807, 2.05) is 54.9 Å². The third-order valence-corrected chi connectivity index (χ3v) is 2.73. The lowest BCUT2D eigenvalue weighted by Crippen LogP contribution is -2.20. The molecule has 0 amide bonds. The number of hydrogen-bond donors (Lipinski definition) is 0. The molecule has 2 nitrogen and oxygen atoms in total. The fraction of sp³-hybridized carbons (Fsp3) is 0.0909. The Hall–Kier alpha value is -1.48. The molecule has 2 rings (SSSR count). The molecule has 72 valence electrons. The van der Waals surface area contributed by atoms with Gasteiger partial charge >= 0.3 is 0 Å². The van der Waals surface area contributed by atoms with E-state index in [4.69, 9.17) is 4.84 Å². The first-order valence-electron chi connectivity index (χ1n) is 4.36. The van der Waals surface area contributed by atoms with Crippen molar-refractivity contribution in [3.8, 4) is 5.75 Å². The molecule has 0 saturated carbocycles. The van der Waals surface area contributed by atoms with Crippen LogP contribution in [0.2, 0.25) is 0 Å². The molecule has 0 aliphatic heterocycles. The Morgan fingerprint density at radius 3 is 2.50 bits per heavy atom. The summed E-state index contributed by atoms with van der Waals surface area (Å²) in [7, 11) is 1.90. The van der Waals surface area contributed by atoms with Crippen LogP contribution in [0, 0.1) is 0 Å². The molecule has 0 unspecified atom stereocenters. The van der Waals surface area contributed by atoms with Crippen molar-refractivity contribution in [1.29, 1.82) is 0 Å². The fourth-order valence-corrected chi connectivity index (χ4v) is 1.77. The molecule has 0 saturated heterocycles. The van der Waals surface area contributed by atoms with E-state index in [0.29, 0.717) is 0 Å². The molecule has 0 aliphatic carbocycles. The first kappa shape index (κ1) is 9.09. The molecule has 0 fully saturated rings. The molecule has 0 radical (unpaired) electrons. The standard InChI is InChI=1S/C11H11NOS/c1-12(11-8-5-9-14-11)13-10-6-3-2-4-7-10/h2-9H,1H3. The van der Waals surface area contributed by atoms with Gasteiger partial charge in [-0.2, -0.15) is 0 Å². The number of nitrogens with zero attached hydrogens (tertiary/aromatic N) is 1. The van der Waals surface area contributed by atoms with Crippen LogP contribution >= 0.6 is 11.3 Å². The minimum atomic E-state index is 0.850. The zero-order valence-electron chi connectivity index (χ0n) is 7.88. The van der Waals surface area contributed by atoms with Crippen molar-refractivity contribution in [1.82, 2.24) is 0 Å². The van der Waals surface area contributed by atoms with Crippen LogP contribution in [0.4, 0.5) is 5.00 Å². The second-order valence-electron chi connectivity index (χ2n) is 2.85. The average Bonchev–Trinajstić information content (AvgIpc) is 2.72. The summed E-state index contributed by atoms with van der Waals surface area (Å²) in [5, 5.41) is 4.88. The summed E-state index contributed by atoms with van der Waals surface area (Å²) >= 11 is 1.65. The van der Waals surface area contributed by atoms with Gasteiger partial charge in [0.15, 0.2) is 5.75 Å². The Morgan fingerprint density at radius 2 is 1.86 bits per heavy atom. The second-order valence-corrected chi connectivity index (χ2v) is 3.78. The molecule has 0 spiro atoms. The van der Waals surface area contributed by atoms with Gasteiger partial charge in [-0.05, 0) is 29.6 Å². The molecule has 1 aromatic heterocycles. The third-order valence-electron chi connectivity index (χ3n) is 1.80. The molecule has 0 aliphatic rings. The Kier molecular flexibility index (Phi) is 2.70. The van der Waals surface area contributed by atoms with Gasteiger partial charge in [-0.1, -0.05) is 18.2 Å². The van der Waals surface area contributed by atoms with Gasteiger partial charge < -0.3 is 4.84 Å². The number of hydrogen-bond acceptors (Lipinski definition) is 3. The largest absolute Gasteiger partial charge is 0.379 e. The minimum Gasteiger partial charge on any atom is -0.379 e. The number of rotatable bonds is 3. The molecular weight excluding hydrogens is 194 g/mol. The van der Waals surface area contributed by atoms with Crippen LogP contribution in [0.3, 0.4) is 0 Å². The van der Waals surface area contributed by atoms with E-state index in [2.05, 4.69) is 0 Å². The first-order chi connectivity index (χ1) is 6.86. The lowest BCUT2D eigenvalue weighted by Gasteiger charge is -2.17. The van der Waals surface area contributed by atoms with Gasteiger partial charge in [0.1, 0.15) is 5.00 Å². The summed E-state index contributed by atoms with van der Waals surface area (Å²) in [6.45, 7) is 0. The minimum absolute atomic E-state index is 0.850. The Morgan fingerprint density at radius 1 is 1.07 bits per heavy atom. The molecule has 0 atom stereocenters. The van der Waals surface area contributed by atoms with E-state index in [0.717, 1.165) is 10.8 Å². The highest BCUT2D eigenvalue weighted by atomic mass is 32.1. The predicted octanol–water partition coefficient (Wildman–Crippen LogP) is 3.18. The molecule has 0 bridgehead atoms. The van der Waals surface area contributed by atoms with E-state index >= 15 is 0 Å². The van der Waals surface area contributed by atoms with E-state index in [-0.39, 0.29) is 0 Å². The van der Waals surface area contributed by atoms with Crippen molar-refractivity contribution < 1.29 is 4.84 Å². The number of hydroxylamine groups is 1. The zero-order chi connectivity index (χ0) is 9.80. The Balaban J connectivity index is 2.06. The highest BCUT2D eigenvalue weighted by Gasteiger charge is 2.02. The van der Waals surface area contributed by atoms with Crippen molar-refractivity contribution in [3.05, 3.63) is 47.8 Å². The van der Waals surface area contributed by atoms with Gasteiger partial charge in [-0.15, -0.1) is 11.3 Å². The van der Waals surface area contributed by atoms with Gasteiger partial charge in [0.25, 0.3) is 0 Å². The number of benzene rings is 1. The lowest BCUT2D eigenvalue weighted by atomic mass is 10.3. The monoisotopic (exact) mass is 205 g/mol. The number of para-hydroxylation sites is 1. The van der Waals surface area contributed by atoms with Crippen LogP contribution < -0.4 is 9.90 Å². The van der Waals surface area contributed by atoms with E-state index in [1.54, 1.807) is 16.4 Å². The Bertz CT molecular complexity index is 371. The van der Waals surface area contributed by atoms with Crippen LogP contribution in [-0.2, 0) is 0 Å². The van der Waals surface area contributed by atoms with E-state index in [9.17, 15) is 0 Å². The molecule has 1 heterocycles. The lowest BCUT2D eigenvalue weighted by molar-refractivity contribution is 0.306. The van der Waals surface area contributed by atoms with Crippen molar-refractivity contribution in [2.45, 2.75) is 0 Å². The quantitative estimate of drug-likeness (QED) is 0.713. The van der Waals surface area contributed by atoms with Crippen LogP contribution in [0.15, 0.2) is 47.8 Å². The van der Waals surface area contributed by atoms with Gasteiger partial charge in [0.2, 0.25) is 0 Å². The van der Waals surface area contributed by atoms with Crippen LogP contribution in [0.25, 0.3) is 0 Å². The second kappa shape index (κ2) is 4.15. The third kappa shape index (κ3) is 2.06. The number of thiophene rings is 1. The van der Waals surface area contributed by atoms with Gasteiger partial charge in [0.05, 0.1) is 0 Å². The summed E-state index contributed by atoms with van der Waals surface area (Å²) in [6.07, 6.45) is 0. The number of anilines is 1. The van der Waals surface area contributed by atoms with Gasteiger partial charge in [0, 0.05) is 7.05 Å². The summed E-state index contributed by atoms with van der Waals surface area (Å²) in [5.41, 5.74) is 0. The highest BCUT2D eigenvalue weighted by Crippen LogP contribution is 2.21. The molecule has 1 aromatic carbocycles. The maximum Gasteiger partial charge on any atom is 0.155 e. The average molecular weight is 205 g/mol. The summed E-state index contributed by atoms with van der Waals surface area (Å²) in [5.74, 6) is 0.850. The maximum absolute atomic E-state index is 5.60. The molecule has 0 N–H and O–H groups in total. The summed E-state index contributed by atoms with van der Waals surface area (Å²) in [4.78, 5) is 5.60. The first-order valence-corrected chi connectivity index (χ1v) is 5.24. The maximum atomic E-state index is 5.60. The fourth-order valence-electron chi connectivity index (χ4n) is 1.13. The smallest absolute Gasteiger partial charge is 0.155 e. The normalized spacial score (nSPS) is 9.79. The van der Waals surface area contributed by atoms with Crippen LogP contribution in [-0.4, -0.2) is 7.05 Å². The zero-order valence-corrected chi connectivity index (χ0v) is 8.70. The SMILES string of the molecule is CN(Oc1ccccc1)c1cccs1.